The zero-order chi connectivity index (χ0) is 10.6. The van der Waals surface area contributed by atoms with E-state index in [1.807, 2.05) is 6.92 Å². The molecule has 0 aliphatic carbocycles. The molecule has 2 unspecified atom stereocenters. The van der Waals surface area contributed by atoms with Crippen molar-refractivity contribution in [3.05, 3.63) is 0 Å². The maximum Gasteiger partial charge on any atom is 0.0952 e. The molecular formula is C11H21N3. The summed E-state index contributed by atoms with van der Waals surface area (Å²) in [7, 11) is 2.17. The second-order valence-corrected chi connectivity index (χ2v) is 4.22. The van der Waals surface area contributed by atoms with Crippen LogP contribution in [-0.2, 0) is 0 Å². The van der Waals surface area contributed by atoms with Crippen molar-refractivity contribution in [3.8, 4) is 6.07 Å². The first-order valence-corrected chi connectivity index (χ1v) is 5.53. The van der Waals surface area contributed by atoms with Gasteiger partial charge in [0.1, 0.15) is 0 Å². The molecule has 0 N–H and O–H groups in total. The molecule has 0 saturated carbocycles. The van der Waals surface area contributed by atoms with Crippen LogP contribution in [0.1, 0.15) is 26.7 Å². The number of nitriles is 1. The minimum atomic E-state index is 0.0615. The zero-order valence-electron chi connectivity index (χ0n) is 9.53. The molecule has 0 bridgehead atoms. The number of rotatable bonds is 2. The Morgan fingerprint density at radius 2 is 2.21 bits per heavy atom. The highest BCUT2D eigenvalue weighted by molar-refractivity contribution is 4.92. The van der Waals surface area contributed by atoms with Crippen LogP contribution in [0.2, 0.25) is 0 Å². The maximum atomic E-state index is 8.95. The maximum absolute atomic E-state index is 8.95. The lowest BCUT2D eigenvalue weighted by Gasteiger charge is -2.31. The second-order valence-electron chi connectivity index (χ2n) is 4.22. The summed E-state index contributed by atoms with van der Waals surface area (Å²) in [5.74, 6) is 0. The van der Waals surface area contributed by atoms with E-state index >= 15 is 0 Å². The van der Waals surface area contributed by atoms with Crippen molar-refractivity contribution in [2.45, 2.75) is 38.8 Å². The van der Waals surface area contributed by atoms with Gasteiger partial charge in [-0.15, -0.1) is 0 Å². The number of likely N-dealkylation sites (N-methyl/N-ethyl adjacent to an activating group) is 1. The largest absolute Gasteiger partial charge is 0.305 e. The highest BCUT2D eigenvalue weighted by Crippen LogP contribution is 2.14. The molecule has 0 aromatic heterocycles. The molecule has 1 rings (SSSR count). The molecule has 80 valence electrons. The third kappa shape index (κ3) is 2.70. The van der Waals surface area contributed by atoms with E-state index in [0.29, 0.717) is 6.04 Å². The quantitative estimate of drug-likeness (QED) is 0.665. The van der Waals surface area contributed by atoms with Crippen LogP contribution in [0.4, 0.5) is 0 Å². The van der Waals surface area contributed by atoms with Crippen LogP contribution in [-0.4, -0.2) is 48.6 Å². The van der Waals surface area contributed by atoms with E-state index in [0.717, 1.165) is 26.1 Å². The summed E-state index contributed by atoms with van der Waals surface area (Å²) in [6.07, 6.45) is 2.31. The molecule has 0 aromatic carbocycles. The summed E-state index contributed by atoms with van der Waals surface area (Å²) < 4.78 is 0. The number of hydrogen-bond donors (Lipinski definition) is 0. The van der Waals surface area contributed by atoms with Gasteiger partial charge in [0.15, 0.2) is 0 Å². The van der Waals surface area contributed by atoms with E-state index in [1.54, 1.807) is 0 Å². The summed E-state index contributed by atoms with van der Waals surface area (Å²) in [5.41, 5.74) is 0. The van der Waals surface area contributed by atoms with Gasteiger partial charge >= 0.3 is 0 Å². The molecule has 2 atom stereocenters. The Labute approximate surface area is 87.3 Å². The SMILES string of the molecule is CCC1CN(C)CCCN1C(C)C#N. The smallest absolute Gasteiger partial charge is 0.0952 e. The summed E-state index contributed by atoms with van der Waals surface area (Å²) in [6, 6.07) is 2.96. The summed E-state index contributed by atoms with van der Waals surface area (Å²) in [5, 5.41) is 8.95. The molecule has 3 nitrogen and oxygen atoms in total. The normalized spacial score (nSPS) is 28.0. The average molecular weight is 195 g/mol. The van der Waals surface area contributed by atoms with Crippen LogP contribution in [0.25, 0.3) is 0 Å². The van der Waals surface area contributed by atoms with Crippen molar-refractivity contribution in [3.63, 3.8) is 0 Å². The molecule has 0 aromatic rings. The Hall–Kier alpha value is -0.590. The van der Waals surface area contributed by atoms with Gasteiger partial charge in [-0.2, -0.15) is 5.26 Å². The van der Waals surface area contributed by atoms with Gasteiger partial charge in [-0.1, -0.05) is 6.92 Å². The Bertz CT molecular complexity index is 209. The van der Waals surface area contributed by atoms with Crippen molar-refractivity contribution >= 4 is 0 Å². The summed E-state index contributed by atoms with van der Waals surface area (Å²) in [6.45, 7) is 7.54. The Balaban J connectivity index is 2.66. The minimum absolute atomic E-state index is 0.0615. The summed E-state index contributed by atoms with van der Waals surface area (Å²) in [4.78, 5) is 4.72. The lowest BCUT2D eigenvalue weighted by Crippen LogP contribution is -2.44. The first-order valence-electron chi connectivity index (χ1n) is 5.53. The molecule has 1 saturated heterocycles. The predicted octanol–water partition coefficient (Wildman–Crippen LogP) is 1.31. The van der Waals surface area contributed by atoms with E-state index in [4.69, 9.17) is 5.26 Å². The molecular weight excluding hydrogens is 174 g/mol. The third-order valence-corrected chi connectivity index (χ3v) is 3.10. The topological polar surface area (TPSA) is 30.3 Å². The number of hydrogen-bond acceptors (Lipinski definition) is 3. The predicted molar refractivity (Wildman–Crippen MR) is 58.0 cm³/mol. The van der Waals surface area contributed by atoms with Gasteiger partial charge in [-0.3, -0.25) is 4.90 Å². The van der Waals surface area contributed by atoms with Gasteiger partial charge in [0.05, 0.1) is 12.1 Å². The van der Waals surface area contributed by atoms with Gasteiger partial charge in [0.25, 0.3) is 0 Å². The first kappa shape index (κ1) is 11.5. The van der Waals surface area contributed by atoms with Crippen molar-refractivity contribution in [1.82, 2.24) is 9.80 Å². The van der Waals surface area contributed by atoms with Crippen LogP contribution in [0.3, 0.4) is 0 Å². The van der Waals surface area contributed by atoms with Crippen molar-refractivity contribution in [1.29, 1.82) is 5.26 Å². The summed E-state index contributed by atoms with van der Waals surface area (Å²) >= 11 is 0. The lowest BCUT2D eigenvalue weighted by atomic mass is 10.1. The molecule has 0 spiro atoms. The standard InChI is InChI=1S/C11H21N3/c1-4-11-9-13(3)6-5-7-14(11)10(2)8-12/h10-11H,4-7,9H2,1-3H3. The Morgan fingerprint density at radius 1 is 1.50 bits per heavy atom. The van der Waals surface area contributed by atoms with Crippen molar-refractivity contribution in [2.24, 2.45) is 0 Å². The van der Waals surface area contributed by atoms with E-state index < -0.39 is 0 Å². The van der Waals surface area contributed by atoms with E-state index in [9.17, 15) is 0 Å². The van der Waals surface area contributed by atoms with Gasteiger partial charge in [0.2, 0.25) is 0 Å². The van der Waals surface area contributed by atoms with Gasteiger partial charge in [0, 0.05) is 19.1 Å². The molecule has 14 heavy (non-hydrogen) atoms. The fourth-order valence-corrected chi connectivity index (χ4v) is 2.21. The van der Waals surface area contributed by atoms with Crippen LogP contribution in [0.15, 0.2) is 0 Å². The van der Waals surface area contributed by atoms with Crippen LogP contribution in [0.5, 0.6) is 0 Å². The van der Waals surface area contributed by atoms with E-state index in [2.05, 4.69) is 29.8 Å². The van der Waals surface area contributed by atoms with Crippen molar-refractivity contribution in [2.75, 3.05) is 26.7 Å². The molecule has 3 heteroatoms. The van der Waals surface area contributed by atoms with Crippen molar-refractivity contribution < 1.29 is 0 Å². The van der Waals surface area contributed by atoms with Gasteiger partial charge < -0.3 is 4.90 Å². The highest BCUT2D eigenvalue weighted by Gasteiger charge is 2.25. The second kappa shape index (κ2) is 5.33. The lowest BCUT2D eigenvalue weighted by molar-refractivity contribution is 0.163. The molecule has 0 amide bonds. The fourth-order valence-electron chi connectivity index (χ4n) is 2.21. The third-order valence-electron chi connectivity index (χ3n) is 3.10. The first-order chi connectivity index (χ1) is 6.69. The van der Waals surface area contributed by atoms with Crippen LogP contribution in [0, 0.1) is 11.3 Å². The number of nitrogens with zero attached hydrogens (tertiary/aromatic N) is 3. The minimum Gasteiger partial charge on any atom is -0.305 e. The monoisotopic (exact) mass is 195 g/mol. The highest BCUT2D eigenvalue weighted by atomic mass is 15.2. The molecule has 1 aliphatic rings. The van der Waals surface area contributed by atoms with E-state index in [1.165, 1.54) is 6.42 Å². The average Bonchev–Trinajstić information content (AvgIpc) is 2.38. The van der Waals surface area contributed by atoms with Gasteiger partial charge in [-0.05, 0) is 33.4 Å². The van der Waals surface area contributed by atoms with Gasteiger partial charge in [-0.25, -0.2) is 0 Å². The Morgan fingerprint density at radius 3 is 2.79 bits per heavy atom. The molecule has 0 radical (unpaired) electrons. The van der Waals surface area contributed by atoms with Crippen LogP contribution >= 0.6 is 0 Å². The van der Waals surface area contributed by atoms with E-state index in [-0.39, 0.29) is 6.04 Å². The Kier molecular flexibility index (Phi) is 4.37. The molecule has 1 aliphatic heterocycles. The van der Waals surface area contributed by atoms with Crippen LogP contribution < -0.4 is 0 Å². The molecule has 1 fully saturated rings. The molecule has 1 heterocycles. The zero-order valence-corrected chi connectivity index (χ0v) is 9.53. The fraction of sp³-hybridized carbons (Fsp3) is 0.909.